The highest BCUT2D eigenvalue weighted by atomic mass is 35.5. The van der Waals surface area contributed by atoms with Crippen LogP contribution in [-0.4, -0.2) is 34.7 Å². The molecule has 0 saturated carbocycles. The van der Waals surface area contributed by atoms with Crippen molar-refractivity contribution in [2.24, 2.45) is 11.8 Å². The molecule has 122 valence electrons. The fraction of sp³-hybridized carbons (Fsp3) is 0.667. The Balaban J connectivity index is 2.10. The average Bonchev–Trinajstić information content (AvgIpc) is 2.43. The van der Waals surface area contributed by atoms with Gasteiger partial charge in [-0.1, -0.05) is 32.4 Å². The number of hydrogen-bond acceptors (Lipinski definition) is 4. The standard InChI is InChI=1S/C15H24ClN5S/c1-4-5-17-15(22)20-14-18-12(16)7-13(19-14)21-8-10(2)6-11(3)9-21/h7,10-11H,4-6,8-9H2,1-3H3,(H2,17,18,19,20,22)/t10-,11+. The quantitative estimate of drug-likeness (QED) is 0.647. The van der Waals surface area contributed by atoms with Crippen LogP contribution in [0.2, 0.25) is 5.15 Å². The van der Waals surface area contributed by atoms with Gasteiger partial charge >= 0.3 is 0 Å². The van der Waals surface area contributed by atoms with Gasteiger partial charge < -0.3 is 15.5 Å². The van der Waals surface area contributed by atoms with Crippen molar-refractivity contribution in [3.05, 3.63) is 11.2 Å². The van der Waals surface area contributed by atoms with Gasteiger partial charge in [0.15, 0.2) is 5.11 Å². The van der Waals surface area contributed by atoms with Gasteiger partial charge in [0.05, 0.1) is 0 Å². The van der Waals surface area contributed by atoms with E-state index in [1.807, 2.05) is 6.07 Å². The lowest BCUT2D eigenvalue weighted by atomic mass is 9.92. The van der Waals surface area contributed by atoms with Gasteiger partial charge in [-0.3, -0.25) is 0 Å². The van der Waals surface area contributed by atoms with E-state index < -0.39 is 0 Å². The van der Waals surface area contributed by atoms with Gasteiger partial charge in [-0.2, -0.15) is 4.98 Å². The number of piperidine rings is 1. The number of anilines is 2. The third-order valence-electron chi connectivity index (χ3n) is 3.64. The number of thiocarbonyl (C=S) groups is 1. The van der Waals surface area contributed by atoms with E-state index in [4.69, 9.17) is 23.8 Å². The SMILES string of the molecule is CCCNC(=S)Nc1nc(Cl)cc(N2C[C@H](C)C[C@H](C)C2)n1. The molecule has 2 heterocycles. The first kappa shape index (κ1) is 17.2. The molecule has 0 spiro atoms. The van der Waals surface area contributed by atoms with E-state index in [1.54, 1.807) is 0 Å². The van der Waals surface area contributed by atoms with Crippen LogP contribution in [0.4, 0.5) is 11.8 Å². The Morgan fingerprint density at radius 1 is 1.36 bits per heavy atom. The van der Waals surface area contributed by atoms with Gasteiger partial charge in [-0.25, -0.2) is 4.98 Å². The van der Waals surface area contributed by atoms with Gasteiger partial charge in [0.25, 0.3) is 0 Å². The number of nitrogens with zero attached hydrogens (tertiary/aromatic N) is 3. The molecule has 0 aromatic carbocycles. The fourth-order valence-electron chi connectivity index (χ4n) is 2.86. The Bertz CT molecular complexity index is 515. The highest BCUT2D eigenvalue weighted by Crippen LogP contribution is 2.26. The second-order valence-corrected chi connectivity index (χ2v) is 6.90. The number of halogens is 1. The van der Waals surface area contributed by atoms with Crippen LogP contribution in [0.25, 0.3) is 0 Å². The van der Waals surface area contributed by atoms with Gasteiger partial charge in [0.1, 0.15) is 11.0 Å². The molecule has 1 aromatic heterocycles. The normalized spacial score (nSPS) is 21.5. The van der Waals surface area contributed by atoms with E-state index in [1.165, 1.54) is 6.42 Å². The van der Waals surface area contributed by atoms with Crippen LogP contribution < -0.4 is 15.5 Å². The zero-order valence-electron chi connectivity index (χ0n) is 13.4. The second kappa shape index (κ2) is 7.92. The monoisotopic (exact) mass is 341 g/mol. The summed E-state index contributed by atoms with van der Waals surface area (Å²) in [6, 6.07) is 1.82. The highest BCUT2D eigenvalue weighted by Gasteiger charge is 2.23. The summed E-state index contributed by atoms with van der Waals surface area (Å²) in [7, 11) is 0. The van der Waals surface area contributed by atoms with Crippen LogP contribution in [0.15, 0.2) is 6.07 Å². The van der Waals surface area contributed by atoms with Gasteiger partial charge in [0, 0.05) is 25.7 Å². The number of aromatic nitrogens is 2. The van der Waals surface area contributed by atoms with Crippen molar-refractivity contribution in [3.8, 4) is 0 Å². The Morgan fingerprint density at radius 2 is 2.05 bits per heavy atom. The number of hydrogen-bond donors (Lipinski definition) is 2. The van der Waals surface area contributed by atoms with Crippen LogP contribution in [0.3, 0.4) is 0 Å². The number of rotatable bonds is 4. The molecular weight excluding hydrogens is 318 g/mol. The molecular formula is C15H24ClN5S. The van der Waals surface area contributed by atoms with E-state index in [9.17, 15) is 0 Å². The summed E-state index contributed by atoms with van der Waals surface area (Å²) in [5.74, 6) is 2.61. The minimum atomic E-state index is 0.427. The van der Waals surface area contributed by atoms with Crippen LogP contribution >= 0.6 is 23.8 Å². The minimum Gasteiger partial charge on any atom is -0.362 e. The molecule has 1 aliphatic heterocycles. The Labute approximate surface area is 142 Å². The summed E-state index contributed by atoms with van der Waals surface area (Å²) in [6.45, 7) is 9.44. The van der Waals surface area contributed by atoms with E-state index in [-0.39, 0.29) is 0 Å². The van der Waals surface area contributed by atoms with Crippen LogP contribution in [-0.2, 0) is 0 Å². The topological polar surface area (TPSA) is 53.1 Å². The van der Waals surface area contributed by atoms with Crippen molar-refractivity contribution in [2.45, 2.75) is 33.6 Å². The predicted octanol–water partition coefficient (Wildman–Crippen LogP) is 3.31. The van der Waals surface area contributed by atoms with Crippen LogP contribution in [0, 0.1) is 11.8 Å². The first-order valence-electron chi connectivity index (χ1n) is 7.82. The van der Waals surface area contributed by atoms with Crippen molar-refractivity contribution < 1.29 is 0 Å². The molecule has 1 aromatic rings. The fourth-order valence-corrected chi connectivity index (χ4v) is 3.23. The zero-order chi connectivity index (χ0) is 16.1. The average molecular weight is 342 g/mol. The van der Waals surface area contributed by atoms with E-state index in [0.717, 1.165) is 31.9 Å². The van der Waals surface area contributed by atoms with Crippen molar-refractivity contribution in [1.29, 1.82) is 0 Å². The molecule has 5 nitrogen and oxygen atoms in total. The summed E-state index contributed by atoms with van der Waals surface area (Å²) in [5, 5.41) is 7.05. The van der Waals surface area contributed by atoms with Crippen LogP contribution in [0.5, 0.6) is 0 Å². The maximum atomic E-state index is 6.15. The molecule has 1 aliphatic rings. The minimum absolute atomic E-state index is 0.427. The molecule has 2 N–H and O–H groups in total. The molecule has 1 fully saturated rings. The van der Waals surface area contributed by atoms with Crippen molar-refractivity contribution >= 4 is 40.7 Å². The molecule has 7 heteroatoms. The predicted molar refractivity (Wildman–Crippen MR) is 96.7 cm³/mol. The molecule has 1 saturated heterocycles. The summed E-state index contributed by atoms with van der Waals surface area (Å²) in [4.78, 5) is 11.0. The third kappa shape index (κ3) is 4.95. The molecule has 0 aliphatic carbocycles. The Morgan fingerprint density at radius 3 is 2.68 bits per heavy atom. The highest BCUT2D eigenvalue weighted by molar-refractivity contribution is 7.80. The Hall–Kier alpha value is -1.14. The third-order valence-corrected chi connectivity index (χ3v) is 4.08. The van der Waals surface area contributed by atoms with Crippen molar-refractivity contribution in [3.63, 3.8) is 0 Å². The lowest BCUT2D eigenvalue weighted by Crippen LogP contribution is -2.39. The maximum absolute atomic E-state index is 6.15. The second-order valence-electron chi connectivity index (χ2n) is 6.10. The van der Waals surface area contributed by atoms with Gasteiger partial charge in [0.2, 0.25) is 5.95 Å². The van der Waals surface area contributed by atoms with Crippen molar-refractivity contribution in [1.82, 2.24) is 15.3 Å². The molecule has 0 bridgehead atoms. The maximum Gasteiger partial charge on any atom is 0.232 e. The molecule has 0 unspecified atom stereocenters. The lowest BCUT2D eigenvalue weighted by molar-refractivity contribution is 0.355. The van der Waals surface area contributed by atoms with E-state index in [2.05, 4.69) is 46.3 Å². The van der Waals surface area contributed by atoms with E-state index >= 15 is 0 Å². The molecule has 2 atom stereocenters. The molecule has 2 rings (SSSR count). The number of nitrogens with one attached hydrogen (secondary N) is 2. The first-order chi connectivity index (χ1) is 10.5. The Kier molecular flexibility index (Phi) is 6.20. The van der Waals surface area contributed by atoms with Gasteiger partial charge in [-0.05, 0) is 36.9 Å². The largest absolute Gasteiger partial charge is 0.362 e. The lowest BCUT2D eigenvalue weighted by Gasteiger charge is -2.35. The summed E-state index contributed by atoms with van der Waals surface area (Å²) < 4.78 is 0. The summed E-state index contributed by atoms with van der Waals surface area (Å²) in [5.41, 5.74) is 0. The molecule has 0 radical (unpaired) electrons. The summed E-state index contributed by atoms with van der Waals surface area (Å²) >= 11 is 11.4. The molecule has 0 amide bonds. The van der Waals surface area contributed by atoms with Crippen molar-refractivity contribution in [2.75, 3.05) is 29.9 Å². The smallest absolute Gasteiger partial charge is 0.232 e. The molecule has 22 heavy (non-hydrogen) atoms. The first-order valence-corrected chi connectivity index (χ1v) is 8.61. The van der Waals surface area contributed by atoms with Gasteiger partial charge in [-0.15, -0.1) is 0 Å². The summed E-state index contributed by atoms with van der Waals surface area (Å²) in [6.07, 6.45) is 2.26. The van der Waals surface area contributed by atoms with Crippen LogP contribution in [0.1, 0.15) is 33.6 Å². The zero-order valence-corrected chi connectivity index (χ0v) is 15.0. The van der Waals surface area contributed by atoms with E-state index in [0.29, 0.717) is 28.0 Å².